The Bertz CT molecular complexity index is 432. The first-order valence-electron chi connectivity index (χ1n) is 6.03. The lowest BCUT2D eigenvalue weighted by atomic mass is 10.1. The van der Waals surface area contributed by atoms with Gasteiger partial charge in [0.25, 0.3) is 5.92 Å². The van der Waals surface area contributed by atoms with Gasteiger partial charge >= 0.3 is 0 Å². The normalized spacial score (nSPS) is 27.1. The lowest BCUT2D eigenvalue weighted by Gasteiger charge is -2.17. The Morgan fingerprint density at radius 3 is 2.69 bits per heavy atom. The highest BCUT2D eigenvalue weighted by molar-refractivity contribution is 5.39. The zero-order chi connectivity index (χ0) is 11.5. The topological polar surface area (TPSA) is 17.8 Å². The summed E-state index contributed by atoms with van der Waals surface area (Å²) in [6.45, 7) is 4.05. The quantitative estimate of drug-likeness (QED) is 0.757. The Morgan fingerprint density at radius 1 is 1.44 bits per heavy atom. The van der Waals surface area contributed by atoms with Crippen molar-refractivity contribution < 1.29 is 8.78 Å². The first kappa shape index (κ1) is 10.2. The number of fused-ring (bicyclic) bond motifs is 1. The molecule has 0 spiro atoms. The van der Waals surface area contributed by atoms with E-state index in [0.717, 1.165) is 24.1 Å². The molecule has 2 aliphatic carbocycles. The van der Waals surface area contributed by atoms with Crippen molar-refractivity contribution in [3.8, 4) is 0 Å². The van der Waals surface area contributed by atoms with Crippen molar-refractivity contribution >= 4 is 0 Å². The minimum absolute atomic E-state index is 0.199. The van der Waals surface area contributed by atoms with E-state index >= 15 is 0 Å². The summed E-state index contributed by atoms with van der Waals surface area (Å²) in [5, 5.41) is 4.38. The van der Waals surface area contributed by atoms with Crippen LogP contribution in [0, 0.1) is 5.92 Å². The molecule has 4 heteroatoms. The molecule has 0 aliphatic heterocycles. The summed E-state index contributed by atoms with van der Waals surface area (Å²) < 4.78 is 29.5. The Labute approximate surface area is 93.6 Å². The zero-order valence-corrected chi connectivity index (χ0v) is 9.63. The molecule has 2 nitrogen and oxygen atoms in total. The van der Waals surface area contributed by atoms with Crippen molar-refractivity contribution in [1.82, 2.24) is 9.78 Å². The summed E-state index contributed by atoms with van der Waals surface area (Å²) in [6, 6.07) is 0. The molecule has 2 aliphatic rings. The molecule has 1 heterocycles. The number of hydrogen-bond acceptors (Lipinski definition) is 1. The van der Waals surface area contributed by atoms with Crippen LogP contribution in [-0.4, -0.2) is 9.78 Å². The van der Waals surface area contributed by atoms with Gasteiger partial charge in [0.05, 0.1) is 5.69 Å². The lowest BCUT2D eigenvalue weighted by molar-refractivity contribution is -0.0528. The summed E-state index contributed by atoms with van der Waals surface area (Å²) in [4.78, 5) is 0. The van der Waals surface area contributed by atoms with Gasteiger partial charge in [-0.3, -0.25) is 4.68 Å². The molecule has 1 unspecified atom stereocenters. The molecule has 0 amide bonds. The van der Waals surface area contributed by atoms with Crippen LogP contribution in [0.4, 0.5) is 8.78 Å². The fourth-order valence-corrected chi connectivity index (χ4v) is 2.67. The second-order valence-electron chi connectivity index (χ2n) is 5.03. The zero-order valence-electron chi connectivity index (χ0n) is 9.63. The SMILES string of the molecule is CCn1nc(C2CC2)c2c1C(F)(F)C(C)C2. The van der Waals surface area contributed by atoms with Gasteiger partial charge < -0.3 is 0 Å². The lowest BCUT2D eigenvalue weighted by Crippen LogP contribution is -2.22. The average Bonchev–Trinajstić information content (AvgIpc) is 2.96. The van der Waals surface area contributed by atoms with Gasteiger partial charge in [0.2, 0.25) is 0 Å². The number of hydrogen-bond donors (Lipinski definition) is 0. The number of alkyl halides is 2. The molecule has 0 saturated heterocycles. The Hall–Kier alpha value is -0.930. The smallest absolute Gasteiger partial charge is 0.263 e. The van der Waals surface area contributed by atoms with E-state index in [9.17, 15) is 8.78 Å². The van der Waals surface area contributed by atoms with E-state index in [0.29, 0.717) is 18.9 Å². The van der Waals surface area contributed by atoms with E-state index in [-0.39, 0.29) is 5.69 Å². The molecule has 1 fully saturated rings. The van der Waals surface area contributed by atoms with E-state index in [4.69, 9.17) is 0 Å². The molecule has 88 valence electrons. The minimum Gasteiger partial charge on any atom is -0.263 e. The van der Waals surface area contributed by atoms with E-state index in [1.807, 2.05) is 6.92 Å². The first-order chi connectivity index (χ1) is 7.55. The highest BCUT2D eigenvalue weighted by Crippen LogP contribution is 2.51. The van der Waals surface area contributed by atoms with E-state index < -0.39 is 11.8 Å². The maximum atomic E-state index is 14.0. The van der Waals surface area contributed by atoms with Crippen LogP contribution in [-0.2, 0) is 18.9 Å². The Morgan fingerprint density at radius 2 is 2.12 bits per heavy atom. The third kappa shape index (κ3) is 1.19. The largest absolute Gasteiger partial charge is 0.292 e. The summed E-state index contributed by atoms with van der Waals surface area (Å²) in [7, 11) is 0. The predicted octanol–water partition coefficient (Wildman–Crippen LogP) is 3.06. The second-order valence-corrected chi connectivity index (χ2v) is 5.03. The number of aromatic nitrogens is 2. The van der Waals surface area contributed by atoms with E-state index in [1.165, 1.54) is 4.68 Å². The highest BCUT2D eigenvalue weighted by Gasteiger charge is 2.51. The van der Waals surface area contributed by atoms with Gasteiger partial charge in [-0.1, -0.05) is 6.92 Å². The minimum atomic E-state index is -2.69. The van der Waals surface area contributed by atoms with Crippen molar-refractivity contribution in [2.75, 3.05) is 0 Å². The molecular formula is C12H16F2N2. The van der Waals surface area contributed by atoms with Gasteiger partial charge in [-0.15, -0.1) is 0 Å². The number of aryl methyl sites for hydroxylation is 1. The molecule has 1 aromatic heterocycles. The average molecular weight is 226 g/mol. The van der Waals surface area contributed by atoms with Crippen LogP contribution >= 0.6 is 0 Å². The van der Waals surface area contributed by atoms with Crippen LogP contribution in [0.3, 0.4) is 0 Å². The molecule has 1 aromatic rings. The van der Waals surface area contributed by atoms with Crippen LogP contribution in [0.25, 0.3) is 0 Å². The van der Waals surface area contributed by atoms with E-state index in [2.05, 4.69) is 5.10 Å². The van der Waals surface area contributed by atoms with Crippen molar-refractivity contribution in [3.05, 3.63) is 17.0 Å². The predicted molar refractivity (Wildman–Crippen MR) is 56.6 cm³/mol. The van der Waals surface area contributed by atoms with Crippen LogP contribution in [0.15, 0.2) is 0 Å². The van der Waals surface area contributed by atoms with Gasteiger partial charge in [-0.25, -0.2) is 0 Å². The van der Waals surface area contributed by atoms with Gasteiger partial charge in [0, 0.05) is 23.9 Å². The number of halogens is 2. The molecule has 3 rings (SSSR count). The third-order valence-corrected chi connectivity index (χ3v) is 3.79. The first-order valence-corrected chi connectivity index (χ1v) is 6.03. The molecule has 1 atom stereocenters. The maximum absolute atomic E-state index is 14.0. The van der Waals surface area contributed by atoms with Gasteiger partial charge in [-0.05, 0) is 26.2 Å². The van der Waals surface area contributed by atoms with Gasteiger partial charge in [-0.2, -0.15) is 13.9 Å². The molecule has 16 heavy (non-hydrogen) atoms. The summed E-state index contributed by atoms with van der Waals surface area (Å²) in [5.74, 6) is -2.80. The Kier molecular flexibility index (Phi) is 1.95. The molecule has 0 radical (unpaired) electrons. The fraction of sp³-hybridized carbons (Fsp3) is 0.750. The monoisotopic (exact) mass is 226 g/mol. The molecular weight excluding hydrogens is 210 g/mol. The van der Waals surface area contributed by atoms with E-state index in [1.54, 1.807) is 6.92 Å². The van der Waals surface area contributed by atoms with Crippen molar-refractivity contribution in [2.24, 2.45) is 5.92 Å². The fourth-order valence-electron chi connectivity index (χ4n) is 2.67. The number of nitrogens with zero attached hydrogens (tertiary/aromatic N) is 2. The third-order valence-electron chi connectivity index (χ3n) is 3.79. The second kappa shape index (κ2) is 3.05. The van der Waals surface area contributed by atoms with Crippen molar-refractivity contribution in [3.63, 3.8) is 0 Å². The van der Waals surface area contributed by atoms with Crippen LogP contribution in [0.1, 0.15) is 49.6 Å². The molecule has 0 aromatic carbocycles. The van der Waals surface area contributed by atoms with Crippen LogP contribution < -0.4 is 0 Å². The Balaban J connectivity index is 2.15. The van der Waals surface area contributed by atoms with Crippen LogP contribution in [0.5, 0.6) is 0 Å². The standard InChI is InChI=1S/C12H16F2N2/c1-3-16-11-9(6-7(2)12(11,13)14)10(15-16)8-4-5-8/h7-8H,3-6H2,1-2H3. The number of rotatable bonds is 2. The molecule has 1 saturated carbocycles. The summed E-state index contributed by atoms with van der Waals surface area (Å²) in [5.41, 5.74) is 2.01. The van der Waals surface area contributed by atoms with Crippen molar-refractivity contribution in [2.45, 2.75) is 51.5 Å². The summed E-state index contributed by atoms with van der Waals surface area (Å²) >= 11 is 0. The highest BCUT2D eigenvalue weighted by atomic mass is 19.3. The summed E-state index contributed by atoms with van der Waals surface area (Å²) in [6.07, 6.45) is 2.73. The molecule has 0 bridgehead atoms. The van der Waals surface area contributed by atoms with Gasteiger partial charge in [0.1, 0.15) is 5.69 Å². The van der Waals surface area contributed by atoms with Crippen LogP contribution in [0.2, 0.25) is 0 Å². The van der Waals surface area contributed by atoms with Crippen molar-refractivity contribution in [1.29, 1.82) is 0 Å². The maximum Gasteiger partial charge on any atom is 0.292 e. The van der Waals surface area contributed by atoms with Gasteiger partial charge in [0.15, 0.2) is 0 Å². The molecule has 0 N–H and O–H groups in total.